The van der Waals surface area contributed by atoms with Crippen LogP contribution in [0.3, 0.4) is 0 Å². The van der Waals surface area contributed by atoms with Crippen molar-refractivity contribution >= 4 is 22.9 Å². The van der Waals surface area contributed by atoms with Crippen LogP contribution >= 0.6 is 11.6 Å². The monoisotopic (exact) mass is 323 g/mol. The highest BCUT2D eigenvalue weighted by Gasteiger charge is 2.68. The summed E-state index contributed by atoms with van der Waals surface area (Å²) in [6.07, 6.45) is 4.43. The van der Waals surface area contributed by atoms with Crippen molar-refractivity contribution in [3.63, 3.8) is 0 Å². The second-order valence-corrected chi connectivity index (χ2v) is 7.16. The van der Waals surface area contributed by atoms with E-state index in [9.17, 15) is 0 Å². The Bertz CT molecular complexity index is 831. The minimum Gasteiger partial charge on any atom is -0.365 e. The van der Waals surface area contributed by atoms with Crippen LogP contribution in [0.4, 0.5) is 5.69 Å². The average molecular weight is 324 g/mol. The van der Waals surface area contributed by atoms with Gasteiger partial charge in [-0.25, -0.2) is 0 Å². The second kappa shape index (κ2) is 4.40. The largest absolute Gasteiger partial charge is 0.365 e. The van der Waals surface area contributed by atoms with Gasteiger partial charge in [-0.05, 0) is 42.2 Å². The normalized spacial score (nSPS) is 30.9. The van der Waals surface area contributed by atoms with Gasteiger partial charge in [-0.1, -0.05) is 48.0 Å². The molecule has 1 aliphatic carbocycles. The topological polar surface area (TPSA) is 12.5 Å². The van der Waals surface area contributed by atoms with E-state index in [1.807, 2.05) is 6.07 Å². The molecule has 2 heterocycles. The fraction of sp³-hybridized carbons (Fsp3) is 0.300. The standard InChI is InChI=1S/C20H18ClNO/c1-22-18-8-7-15(21)13-17(18)20-16(14-5-3-2-4-6-14)9-10-19(20,22)11-12-23-20/h2-9,13H,10-12H2,1H3/t19-,20-/m0/s1. The van der Waals surface area contributed by atoms with E-state index in [1.54, 1.807) is 0 Å². The minimum absolute atomic E-state index is 0.00874. The Morgan fingerprint density at radius 2 is 1.96 bits per heavy atom. The quantitative estimate of drug-likeness (QED) is 0.758. The molecule has 2 nitrogen and oxygen atoms in total. The Hall–Kier alpha value is -1.77. The summed E-state index contributed by atoms with van der Waals surface area (Å²) < 4.78 is 6.53. The van der Waals surface area contributed by atoms with Gasteiger partial charge in [0.2, 0.25) is 0 Å². The molecule has 0 aromatic heterocycles. The highest BCUT2D eigenvalue weighted by Crippen LogP contribution is 2.67. The molecule has 0 saturated carbocycles. The lowest BCUT2D eigenvalue weighted by Crippen LogP contribution is -2.51. The van der Waals surface area contributed by atoms with Crippen LogP contribution < -0.4 is 4.90 Å². The summed E-state index contributed by atoms with van der Waals surface area (Å²) in [5, 5.41) is 0.775. The molecular weight excluding hydrogens is 306 g/mol. The fourth-order valence-electron chi connectivity index (χ4n) is 4.94. The van der Waals surface area contributed by atoms with Crippen LogP contribution in [0.25, 0.3) is 5.57 Å². The molecule has 0 N–H and O–H groups in total. The zero-order valence-electron chi connectivity index (χ0n) is 13.1. The maximum Gasteiger partial charge on any atom is 0.144 e. The number of fused-ring (bicyclic) bond motifs is 1. The van der Waals surface area contributed by atoms with Crippen molar-refractivity contribution < 1.29 is 4.74 Å². The van der Waals surface area contributed by atoms with Crippen LogP contribution in [0.1, 0.15) is 24.0 Å². The first-order valence-electron chi connectivity index (χ1n) is 8.13. The summed E-state index contributed by atoms with van der Waals surface area (Å²) in [4.78, 5) is 2.43. The second-order valence-electron chi connectivity index (χ2n) is 6.72. The van der Waals surface area contributed by atoms with Crippen molar-refractivity contribution in [1.82, 2.24) is 0 Å². The summed E-state index contributed by atoms with van der Waals surface area (Å²) in [5.41, 5.74) is 4.61. The number of halogens is 1. The van der Waals surface area contributed by atoms with Crippen molar-refractivity contribution in [2.24, 2.45) is 0 Å². The zero-order valence-corrected chi connectivity index (χ0v) is 13.8. The molecule has 5 rings (SSSR count). The van der Waals surface area contributed by atoms with Crippen LogP contribution in [-0.2, 0) is 10.3 Å². The van der Waals surface area contributed by atoms with Gasteiger partial charge in [0, 0.05) is 23.3 Å². The van der Waals surface area contributed by atoms with Gasteiger partial charge in [-0.3, -0.25) is 0 Å². The predicted octanol–water partition coefficient (Wildman–Crippen LogP) is 4.63. The van der Waals surface area contributed by atoms with E-state index in [4.69, 9.17) is 16.3 Å². The van der Waals surface area contributed by atoms with Gasteiger partial charge in [-0.15, -0.1) is 0 Å². The number of hydrogen-bond donors (Lipinski definition) is 0. The molecule has 1 fully saturated rings. The number of likely N-dealkylation sites (N-methyl/N-ethyl adjacent to an activating group) is 1. The third-order valence-corrected chi connectivity index (χ3v) is 6.17. The van der Waals surface area contributed by atoms with E-state index in [0.717, 1.165) is 24.5 Å². The highest BCUT2D eigenvalue weighted by atomic mass is 35.5. The third kappa shape index (κ3) is 1.44. The first-order chi connectivity index (χ1) is 11.2. The summed E-state index contributed by atoms with van der Waals surface area (Å²) in [6.45, 7) is 0.792. The Morgan fingerprint density at radius 3 is 2.78 bits per heavy atom. The third-order valence-electron chi connectivity index (χ3n) is 5.94. The van der Waals surface area contributed by atoms with Crippen LogP contribution in [0.15, 0.2) is 54.6 Å². The van der Waals surface area contributed by atoms with E-state index in [-0.39, 0.29) is 11.1 Å². The molecule has 2 atom stereocenters. The Balaban J connectivity index is 1.81. The molecule has 0 spiro atoms. The predicted molar refractivity (Wildman–Crippen MR) is 93.9 cm³/mol. The molecule has 0 bridgehead atoms. The molecule has 0 radical (unpaired) electrons. The maximum atomic E-state index is 6.53. The van der Waals surface area contributed by atoms with Gasteiger partial charge in [-0.2, -0.15) is 0 Å². The first kappa shape index (κ1) is 13.6. The molecule has 3 heteroatoms. The zero-order chi connectivity index (χ0) is 15.7. The number of anilines is 1. The van der Waals surface area contributed by atoms with E-state index in [0.29, 0.717) is 0 Å². The van der Waals surface area contributed by atoms with E-state index < -0.39 is 0 Å². The van der Waals surface area contributed by atoms with Crippen LogP contribution in [0, 0.1) is 0 Å². The molecule has 0 unspecified atom stereocenters. The van der Waals surface area contributed by atoms with Gasteiger partial charge in [0.1, 0.15) is 5.60 Å². The first-order valence-corrected chi connectivity index (χ1v) is 8.51. The van der Waals surface area contributed by atoms with Crippen LogP contribution in [-0.4, -0.2) is 19.2 Å². The molecule has 1 saturated heterocycles. The lowest BCUT2D eigenvalue weighted by Gasteiger charge is -2.40. The van der Waals surface area contributed by atoms with Crippen molar-refractivity contribution in [3.8, 4) is 0 Å². The number of hydrogen-bond acceptors (Lipinski definition) is 2. The summed E-state index contributed by atoms with van der Waals surface area (Å²) in [7, 11) is 2.20. The molecule has 2 aromatic carbocycles. The van der Waals surface area contributed by atoms with Crippen molar-refractivity contribution in [3.05, 3.63) is 70.8 Å². The van der Waals surface area contributed by atoms with E-state index in [2.05, 4.69) is 60.5 Å². The number of ether oxygens (including phenoxy) is 1. The molecule has 3 aliphatic rings. The maximum absolute atomic E-state index is 6.53. The Kier molecular flexibility index (Phi) is 2.61. The Labute approximate surface area is 141 Å². The van der Waals surface area contributed by atoms with Crippen molar-refractivity contribution in [2.45, 2.75) is 24.0 Å². The molecule has 2 aromatic rings. The molecular formula is C20H18ClNO. The highest BCUT2D eigenvalue weighted by molar-refractivity contribution is 6.30. The molecule has 116 valence electrons. The van der Waals surface area contributed by atoms with Gasteiger partial charge in [0.15, 0.2) is 0 Å². The van der Waals surface area contributed by atoms with Crippen LogP contribution in [0.2, 0.25) is 5.02 Å². The molecule has 23 heavy (non-hydrogen) atoms. The lowest BCUT2D eigenvalue weighted by atomic mass is 9.75. The molecule has 2 aliphatic heterocycles. The minimum atomic E-state index is -0.386. The summed E-state index contributed by atoms with van der Waals surface area (Å²) in [6, 6.07) is 16.8. The summed E-state index contributed by atoms with van der Waals surface area (Å²) >= 11 is 6.35. The fourth-order valence-corrected chi connectivity index (χ4v) is 5.11. The summed E-state index contributed by atoms with van der Waals surface area (Å²) in [5.74, 6) is 0. The SMILES string of the molecule is CN1c2ccc(Cl)cc2[C@]23OCC[C@]12CC=C3c1ccccc1. The van der Waals surface area contributed by atoms with Crippen molar-refractivity contribution in [1.29, 1.82) is 0 Å². The van der Waals surface area contributed by atoms with Crippen molar-refractivity contribution in [2.75, 3.05) is 18.6 Å². The molecule has 0 amide bonds. The number of benzene rings is 2. The van der Waals surface area contributed by atoms with Gasteiger partial charge in [0.05, 0.1) is 12.1 Å². The van der Waals surface area contributed by atoms with E-state index >= 15 is 0 Å². The van der Waals surface area contributed by atoms with Gasteiger partial charge < -0.3 is 9.64 Å². The Morgan fingerprint density at radius 1 is 1.13 bits per heavy atom. The average Bonchev–Trinajstić information content (AvgIpc) is 3.15. The van der Waals surface area contributed by atoms with Gasteiger partial charge >= 0.3 is 0 Å². The number of nitrogens with zero attached hydrogens (tertiary/aromatic N) is 1. The van der Waals surface area contributed by atoms with Crippen LogP contribution in [0.5, 0.6) is 0 Å². The lowest BCUT2D eigenvalue weighted by molar-refractivity contribution is 0.0311. The van der Waals surface area contributed by atoms with Gasteiger partial charge in [0.25, 0.3) is 0 Å². The number of rotatable bonds is 1. The smallest absolute Gasteiger partial charge is 0.144 e. The van der Waals surface area contributed by atoms with E-state index in [1.165, 1.54) is 22.4 Å².